The molecule has 0 radical (unpaired) electrons. The highest BCUT2D eigenvalue weighted by molar-refractivity contribution is 4.90. The van der Waals surface area contributed by atoms with E-state index >= 15 is 0 Å². The van der Waals surface area contributed by atoms with Gasteiger partial charge in [0.25, 0.3) is 0 Å². The molecule has 0 aromatic rings. The van der Waals surface area contributed by atoms with Crippen molar-refractivity contribution in [2.75, 3.05) is 6.54 Å². The van der Waals surface area contributed by atoms with Crippen LogP contribution in [0.15, 0.2) is 0 Å². The van der Waals surface area contributed by atoms with Gasteiger partial charge in [0.15, 0.2) is 0 Å². The fourth-order valence-electron chi connectivity index (χ4n) is 2.96. The molecule has 3 atom stereocenters. The van der Waals surface area contributed by atoms with Gasteiger partial charge in [0, 0.05) is 24.7 Å². The van der Waals surface area contributed by atoms with E-state index in [1.807, 2.05) is 0 Å². The molecule has 2 rings (SSSR count). The number of nitrogens with zero attached hydrogens (tertiary/aromatic N) is 1. The Morgan fingerprint density at radius 3 is 2.50 bits per heavy atom. The summed E-state index contributed by atoms with van der Waals surface area (Å²) in [5.74, 6) is 1.02. The van der Waals surface area contributed by atoms with Gasteiger partial charge in [-0.3, -0.25) is 4.90 Å². The van der Waals surface area contributed by atoms with Crippen molar-refractivity contribution in [3.05, 3.63) is 0 Å². The first-order valence-corrected chi connectivity index (χ1v) is 6.20. The Labute approximate surface area is 87.8 Å². The van der Waals surface area contributed by atoms with E-state index in [0.29, 0.717) is 12.1 Å². The molecular formula is C12H24N2. The number of hydrogen-bond acceptors (Lipinski definition) is 2. The summed E-state index contributed by atoms with van der Waals surface area (Å²) in [6, 6.07) is 1.77. The van der Waals surface area contributed by atoms with Crippen molar-refractivity contribution in [3.8, 4) is 0 Å². The zero-order valence-corrected chi connectivity index (χ0v) is 9.58. The molecule has 2 heteroatoms. The van der Waals surface area contributed by atoms with Crippen LogP contribution in [0.4, 0.5) is 0 Å². The maximum Gasteiger partial charge on any atom is 0.0222 e. The highest BCUT2D eigenvalue weighted by Gasteiger charge is 2.32. The van der Waals surface area contributed by atoms with Crippen molar-refractivity contribution < 1.29 is 0 Å². The maximum absolute atomic E-state index is 6.04. The molecule has 82 valence electrons. The van der Waals surface area contributed by atoms with Crippen LogP contribution in [-0.4, -0.2) is 29.6 Å². The van der Waals surface area contributed by atoms with E-state index in [1.54, 1.807) is 0 Å². The largest absolute Gasteiger partial charge is 0.326 e. The van der Waals surface area contributed by atoms with Crippen LogP contribution in [0.1, 0.15) is 46.0 Å². The number of nitrogens with two attached hydrogens (primary N) is 1. The highest BCUT2D eigenvalue weighted by atomic mass is 15.2. The van der Waals surface area contributed by atoms with Crippen molar-refractivity contribution in [2.45, 2.75) is 64.1 Å². The fraction of sp³-hybridized carbons (Fsp3) is 1.00. The second-order valence-electron chi connectivity index (χ2n) is 5.31. The molecule has 1 heterocycles. The number of rotatable bonds is 3. The molecule has 0 aromatic heterocycles. The van der Waals surface area contributed by atoms with Gasteiger partial charge in [-0.2, -0.15) is 0 Å². The van der Waals surface area contributed by atoms with Gasteiger partial charge in [0.05, 0.1) is 0 Å². The van der Waals surface area contributed by atoms with E-state index < -0.39 is 0 Å². The number of likely N-dealkylation sites (tertiary alicyclic amines) is 1. The standard InChI is InChI=1S/C12H24N2/c1-9(8-11-4-3-5-11)14-7-6-12(13)10(14)2/h9-12H,3-8,13H2,1-2H3. The van der Waals surface area contributed by atoms with Crippen molar-refractivity contribution in [1.82, 2.24) is 4.90 Å². The summed E-state index contributed by atoms with van der Waals surface area (Å²) < 4.78 is 0. The van der Waals surface area contributed by atoms with Gasteiger partial charge in [0.2, 0.25) is 0 Å². The minimum absolute atomic E-state index is 0.416. The lowest BCUT2D eigenvalue weighted by Gasteiger charge is -2.35. The predicted octanol–water partition coefficient (Wildman–Crippen LogP) is 1.99. The van der Waals surface area contributed by atoms with E-state index in [9.17, 15) is 0 Å². The zero-order chi connectivity index (χ0) is 10.1. The third-order valence-corrected chi connectivity index (χ3v) is 4.33. The summed E-state index contributed by atoms with van der Waals surface area (Å²) in [6.45, 7) is 5.89. The van der Waals surface area contributed by atoms with E-state index in [2.05, 4.69) is 18.7 Å². The summed E-state index contributed by atoms with van der Waals surface area (Å²) in [6.07, 6.45) is 7.00. The molecule has 0 spiro atoms. The Kier molecular flexibility index (Phi) is 3.13. The Morgan fingerprint density at radius 1 is 1.36 bits per heavy atom. The summed E-state index contributed by atoms with van der Waals surface area (Å²) in [7, 11) is 0. The Morgan fingerprint density at radius 2 is 2.07 bits per heavy atom. The van der Waals surface area contributed by atoms with Crippen LogP contribution >= 0.6 is 0 Å². The van der Waals surface area contributed by atoms with Crippen LogP contribution in [0.5, 0.6) is 0 Å². The quantitative estimate of drug-likeness (QED) is 0.748. The molecule has 2 N–H and O–H groups in total. The van der Waals surface area contributed by atoms with Crippen LogP contribution in [0.3, 0.4) is 0 Å². The third kappa shape index (κ3) is 1.96. The minimum Gasteiger partial charge on any atom is -0.326 e. The molecule has 1 saturated carbocycles. The first-order valence-electron chi connectivity index (χ1n) is 6.20. The molecule has 0 bridgehead atoms. The normalized spacial score (nSPS) is 37.1. The maximum atomic E-state index is 6.04. The van der Waals surface area contributed by atoms with E-state index in [4.69, 9.17) is 5.73 Å². The molecule has 0 aromatic carbocycles. The van der Waals surface area contributed by atoms with Crippen LogP contribution in [-0.2, 0) is 0 Å². The van der Waals surface area contributed by atoms with Gasteiger partial charge in [-0.25, -0.2) is 0 Å². The first kappa shape index (κ1) is 10.4. The van der Waals surface area contributed by atoms with Crippen LogP contribution < -0.4 is 5.73 Å². The summed E-state index contributed by atoms with van der Waals surface area (Å²) in [4.78, 5) is 2.61. The molecule has 1 aliphatic heterocycles. The van der Waals surface area contributed by atoms with Crippen molar-refractivity contribution in [1.29, 1.82) is 0 Å². The van der Waals surface area contributed by atoms with E-state index in [1.165, 1.54) is 38.6 Å². The molecule has 2 fully saturated rings. The van der Waals surface area contributed by atoms with Crippen LogP contribution in [0.2, 0.25) is 0 Å². The third-order valence-electron chi connectivity index (χ3n) is 4.33. The zero-order valence-electron chi connectivity index (χ0n) is 9.58. The lowest BCUT2D eigenvalue weighted by molar-refractivity contribution is 0.146. The van der Waals surface area contributed by atoms with Gasteiger partial charge in [0.1, 0.15) is 0 Å². The van der Waals surface area contributed by atoms with E-state index in [0.717, 1.165) is 12.0 Å². The van der Waals surface area contributed by atoms with Crippen molar-refractivity contribution in [2.24, 2.45) is 11.7 Å². The van der Waals surface area contributed by atoms with Crippen molar-refractivity contribution in [3.63, 3.8) is 0 Å². The van der Waals surface area contributed by atoms with Crippen LogP contribution in [0.25, 0.3) is 0 Å². The monoisotopic (exact) mass is 196 g/mol. The smallest absolute Gasteiger partial charge is 0.0222 e. The average molecular weight is 196 g/mol. The molecule has 3 unspecified atom stereocenters. The predicted molar refractivity (Wildman–Crippen MR) is 60.2 cm³/mol. The molecule has 1 saturated heterocycles. The topological polar surface area (TPSA) is 29.3 Å². The summed E-state index contributed by atoms with van der Waals surface area (Å²) in [5.41, 5.74) is 6.04. The molecule has 2 nitrogen and oxygen atoms in total. The van der Waals surface area contributed by atoms with Gasteiger partial charge >= 0.3 is 0 Å². The Bertz CT molecular complexity index is 189. The van der Waals surface area contributed by atoms with Crippen LogP contribution in [0, 0.1) is 5.92 Å². The minimum atomic E-state index is 0.416. The average Bonchev–Trinajstić information content (AvgIpc) is 2.41. The lowest BCUT2D eigenvalue weighted by atomic mass is 9.81. The molecule has 0 amide bonds. The molecule has 1 aliphatic carbocycles. The first-order chi connectivity index (χ1) is 6.68. The van der Waals surface area contributed by atoms with Gasteiger partial charge in [-0.05, 0) is 32.6 Å². The van der Waals surface area contributed by atoms with Gasteiger partial charge in [-0.15, -0.1) is 0 Å². The SMILES string of the molecule is CC(CC1CCC1)N1CCC(N)C1C. The summed E-state index contributed by atoms with van der Waals surface area (Å²) >= 11 is 0. The van der Waals surface area contributed by atoms with Gasteiger partial charge < -0.3 is 5.73 Å². The second-order valence-corrected chi connectivity index (χ2v) is 5.31. The molecule has 14 heavy (non-hydrogen) atoms. The lowest BCUT2D eigenvalue weighted by Crippen LogP contribution is -2.42. The van der Waals surface area contributed by atoms with E-state index in [-0.39, 0.29) is 0 Å². The van der Waals surface area contributed by atoms with Gasteiger partial charge in [-0.1, -0.05) is 19.3 Å². The molecular weight excluding hydrogens is 172 g/mol. The fourth-order valence-corrected chi connectivity index (χ4v) is 2.96. The molecule has 2 aliphatic rings. The highest BCUT2D eigenvalue weighted by Crippen LogP contribution is 2.33. The Hall–Kier alpha value is -0.0800. The van der Waals surface area contributed by atoms with Crippen molar-refractivity contribution >= 4 is 0 Å². The number of hydrogen-bond donors (Lipinski definition) is 1. The summed E-state index contributed by atoms with van der Waals surface area (Å²) in [5, 5.41) is 0. The Balaban J connectivity index is 1.81. The second kappa shape index (κ2) is 4.19.